The summed E-state index contributed by atoms with van der Waals surface area (Å²) < 4.78 is 1.82. The molecule has 2 aromatic heterocycles. The minimum atomic E-state index is 0.885. The first-order chi connectivity index (χ1) is 9.79. The largest absolute Gasteiger partial charge is 0.356 e. The third-order valence-electron chi connectivity index (χ3n) is 4.35. The van der Waals surface area contributed by atoms with Crippen LogP contribution in [0.2, 0.25) is 0 Å². The van der Waals surface area contributed by atoms with Crippen LogP contribution in [0.25, 0.3) is 11.0 Å². The van der Waals surface area contributed by atoms with E-state index in [9.17, 15) is 0 Å². The number of anilines is 1. The quantitative estimate of drug-likeness (QED) is 0.862. The van der Waals surface area contributed by atoms with E-state index in [1.165, 1.54) is 32.1 Å². The Morgan fingerprint density at radius 1 is 1.25 bits per heavy atom. The number of rotatable bonds is 3. The summed E-state index contributed by atoms with van der Waals surface area (Å²) in [6, 6.07) is 0. The molecule has 0 bridgehead atoms. The van der Waals surface area contributed by atoms with Crippen LogP contribution in [0.3, 0.4) is 0 Å². The monoisotopic (exact) mass is 273 g/mol. The summed E-state index contributed by atoms with van der Waals surface area (Å²) in [4.78, 5) is 11.3. The number of nitrogens with zero attached hydrogens (tertiary/aromatic N) is 5. The molecule has 0 aliphatic carbocycles. The lowest BCUT2D eigenvalue weighted by Gasteiger charge is -2.22. The molecule has 1 aliphatic heterocycles. The van der Waals surface area contributed by atoms with E-state index in [4.69, 9.17) is 0 Å². The predicted molar refractivity (Wildman–Crippen MR) is 80.8 cm³/mol. The molecular formula is C15H23N5. The third-order valence-corrected chi connectivity index (χ3v) is 4.35. The van der Waals surface area contributed by atoms with Gasteiger partial charge in [0.2, 0.25) is 0 Å². The molecule has 5 nitrogen and oxygen atoms in total. The predicted octanol–water partition coefficient (Wildman–Crippen LogP) is 2.77. The van der Waals surface area contributed by atoms with Gasteiger partial charge in [0.05, 0.1) is 11.6 Å². The first kappa shape index (κ1) is 13.3. The van der Waals surface area contributed by atoms with Gasteiger partial charge in [0.15, 0.2) is 5.65 Å². The molecule has 0 radical (unpaired) electrons. The lowest BCUT2D eigenvalue weighted by atomic mass is 9.96. The fourth-order valence-electron chi connectivity index (χ4n) is 3.28. The topological polar surface area (TPSA) is 46.8 Å². The van der Waals surface area contributed by atoms with Crippen LogP contribution >= 0.6 is 0 Å². The van der Waals surface area contributed by atoms with Crippen LogP contribution in [0.1, 0.15) is 39.0 Å². The second kappa shape index (κ2) is 5.77. The van der Waals surface area contributed by atoms with Crippen molar-refractivity contribution in [1.82, 2.24) is 19.7 Å². The Kier molecular flexibility index (Phi) is 3.85. The smallest absolute Gasteiger partial charge is 0.163 e. The van der Waals surface area contributed by atoms with E-state index in [1.54, 1.807) is 6.33 Å². The van der Waals surface area contributed by atoms with Crippen molar-refractivity contribution in [2.45, 2.75) is 39.0 Å². The fraction of sp³-hybridized carbons (Fsp3) is 0.667. The van der Waals surface area contributed by atoms with Crippen molar-refractivity contribution in [1.29, 1.82) is 0 Å². The Morgan fingerprint density at radius 2 is 2.15 bits per heavy atom. The van der Waals surface area contributed by atoms with Gasteiger partial charge in [-0.25, -0.2) is 9.97 Å². The van der Waals surface area contributed by atoms with E-state index in [1.807, 2.05) is 17.9 Å². The molecule has 0 spiro atoms. The summed E-state index contributed by atoms with van der Waals surface area (Å²) in [5.74, 6) is 1.94. The Morgan fingerprint density at radius 3 is 3.00 bits per heavy atom. The van der Waals surface area contributed by atoms with E-state index in [0.29, 0.717) is 0 Å². The molecule has 3 heterocycles. The number of hydrogen-bond donors (Lipinski definition) is 0. The van der Waals surface area contributed by atoms with Gasteiger partial charge in [-0.05, 0) is 25.2 Å². The lowest BCUT2D eigenvalue weighted by molar-refractivity contribution is 0.435. The summed E-state index contributed by atoms with van der Waals surface area (Å²) in [6.07, 6.45) is 10.1. The molecule has 2 aromatic rings. The summed E-state index contributed by atoms with van der Waals surface area (Å²) in [5.41, 5.74) is 0.921. The van der Waals surface area contributed by atoms with Gasteiger partial charge in [-0.1, -0.05) is 19.8 Å². The molecule has 1 unspecified atom stereocenters. The zero-order valence-corrected chi connectivity index (χ0v) is 12.4. The molecule has 5 heteroatoms. The van der Waals surface area contributed by atoms with Crippen LogP contribution in [-0.4, -0.2) is 32.8 Å². The Labute approximate surface area is 120 Å². The zero-order valence-electron chi connectivity index (χ0n) is 12.4. The lowest BCUT2D eigenvalue weighted by Crippen LogP contribution is -2.25. The highest BCUT2D eigenvalue weighted by Gasteiger charge is 2.20. The molecule has 1 fully saturated rings. The zero-order chi connectivity index (χ0) is 13.9. The molecule has 0 N–H and O–H groups in total. The number of aryl methyl sites for hydroxylation is 1. The van der Waals surface area contributed by atoms with Gasteiger partial charge in [-0.2, -0.15) is 5.10 Å². The molecule has 1 saturated heterocycles. The molecular weight excluding hydrogens is 250 g/mol. The van der Waals surface area contributed by atoms with Crippen molar-refractivity contribution >= 4 is 16.9 Å². The van der Waals surface area contributed by atoms with Gasteiger partial charge < -0.3 is 4.90 Å². The summed E-state index contributed by atoms with van der Waals surface area (Å²) >= 11 is 0. The van der Waals surface area contributed by atoms with Crippen molar-refractivity contribution in [3.63, 3.8) is 0 Å². The molecule has 0 saturated carbocycles. The highest BCUT2D eigenvalue weighted by Crippen LogP contribution is 2.27. The van der Waals surface area contributed by atoms with Gasteiger partial charge in [-0.3, -0.25) is 4.68 Å². The third kappa shape index (κ3) is 2.49. The van der Waals surface area contributed by atoms with Crippen molar-refractivity contribution in [2.24, 2.45) is 13.0 Å². The average molecular weight is 273 g/mol. The first-order valence-electron chi connectivity index (χ1n) is 7.67. The molecule has 1 aliphatic rings. The Balaban J connectivity index is 1.84. The maximum Gasteiger partial charge on any atom is 0.163 e. The fourth-order valence-corrected chi connectivity index (χ4v) is 3.28. The van der Waals surface area contributed by atoms with E-state index in [0.717, 1.165) is 35.9 Å². The summed E-state index contributed by atoms with van der Waals surface area (Å²) in [7, 11) is 1.93. The van der Waals surface area contributed by atoms with Crippen LogP contribution in [0.4, 0.5) is 5.82 Å². The van der Waals surface area contributed by atoms with E-state index in [-0.39, 0.29) is 0 Å². The van der Waals surface area contributed by atoms with Gasteiger partial charge in [0.25, 0.3) is 0 Å². The molecule has 20 heavy (non-hydrogen) atoms. The second-order valence-electron chi connectivity index (χ2n) is 5.78. The number of hydrogen-bond acceptors (Lipinski definition) is 4. The van der Waals surface area contributed by atoms with Crippen LogP contribution in [0.15, 0.2) is 12.5 Å². The van der Waals surface area contributed by atoms with Crippen molar-refractivity contribution in [2.75, 3.05) is 18.0 Å². The van der Waals surface area contributed by atoms with Crippen molar-refractivity contribution < 1.29 is 0 Å². The molecule has 0 amide bonds. The van der Waals surface area contributed by atoms with Crippen LogP contribution in [0.5, 0.6) is 0 Å². The summed E-state index contributed by atoms with van der Waals surface area (Å²) in [5, 5.41) is 5.38. The SMILES string of the molecule is CCCC1CCCN(c2ncnc3c2cnn3C)CC1. The maximum absolute atomic E-state index is 4.52. The van der Waals surface area contributed by atoms with E-state index < -0.39 is 0 Å². The maximum atomic E-state index is 4.52. The second-order valence-corrected chi connectivity index (χ2v) is 5.78. The van der Waals surface area contributed by atoms with Gasteiger partial charge in [-0.15, -0.1) is 0 Å². The van der Waals surface area contributed by atoms with Crippen LogP contribution in [0, 0.1) is 5.92 Å². The molecule has 0 aromatic carbocycles. The minimum absolute atomic E-state index is 0.885. The van der Waals surface area contributed by atoms with Gasteiger partial charge >= 0.3 is 0 Å². The molecule has 1 atom stereocenters. The van der Waals surface area contributed by atoms with E-state index in [2.05, 4.69) is 26.9 Å². The van der Waals surface area contributed by atoms with Crippen LogP contribution < -0.4 is 4.90 Å². The number of aromatic nitrogens is 4. The average Bonchev–Trinajstić information content (AvgIpc) is 2.70. The van der Waals surface area contributed by atoms with Crippen molar-refractivity contribution in [3.8, 4) is 0 Å². The highest BCUT2D eigenvalue weighted by molar-refractivity contribution is 5.86. The van der Waals surface area contributed by atoms with Gasteiger partial charge in [0, 0.05) is 20.1 Å². The molecule has 108 valence electrons. The van der Waals surface area contributed by atoms with E-state index >= 15 is 0 Å². The normalized spacial score (nSPS) is 20.3. The minimum Gasteiger partial charge on any atom is -0.356 e. The highest BCUT2D eigenvalue weighted by atomic mass is 15.3. The van der Waals surface area contributed by atoms with Gasteiger partial charge in [0.1, 0.15) is 12.1 Å². The Hall–Kier alpha value is -1.65. The number of fused-ring (bicyclic) bond motifs is 1. The summed E-state index contributed by atoms with van der Waals surface area (Å²) in [6.45, 7) is 4.49. The van der Waals surface area contributed by atoms with Crippen molar-refractivity contribution in [3.05, 3.63) is 12.5 Å². The van der Waals surface area contributed by atoms with Crippen LogP contribution in [-0.2, 0) is 7.05 Å². The molecule has 3 rings (SSSR count). The standard InChI is InChI=1S/C15H23N5/c1-3-5-12-6-4-8-20(9-7-12)15-13-10-18-19(2)14(13)16-11-17-15/h10-12H,3-9H2,1-2H3. The Bertz CT molecular complexity index is 577. The first-order valence-corrected chi connectivity index (χ1v) is 7.67.